The lowest BCUT2D eigenvalue weighted by Gasteiger charge is -2.08. The van der Waals surface area contributed by atoms with Crippen molar-refractivity contribution in [1.29, 1.82) is 0 Å². The fraction of sp³-hybridized carbons (Fsp3) is 0.290. The monoisotopic (exact) mass is 468 g/mol. The molecule has 0 N–H and O–H groups in total. The Balaban J connectivity index is 5.21. The van der Waals surface area contributed by atoms with Crippen molar-refractivity contribution in [2.24, 2.45) is 5.92 Å². The molecule has 0 saturated heterocycles. The van der Waals surface area contributed by atoms with Crippen LogP contribution in [0.2, 0.25) is 0 Å². The van der Waals surface area contributed by atoms with Crippen molar-refractivity contribution in [2.45, 2.75) is 53.4 Å². The maximum Gasteiger partial charge on any atom is 0.166 e. The SMILES string of the molecule is C=C(/C=C\C(=C)C(=C)/C(F)=C\C(=C)/C(C)=C/CC(C)C)C(=C)/C(F)=C(/F)C(=C)CCC/C=C\C. The summed E-state index contributed by atoms with van der Waals surface area (Å²) in [5, 5.41) is 0. The summed E-state index contributed by atoms with van der Waals surface area (Å²) in [6.45, 7) is 30.3. The van der Waals surface area contributed by atoms with Crippen LogP contribution in [0.4, 0.5) is 13.2 Å². The Morgan fingerprint density at radius 2 is 1.38 bits per heavy atom. The van der Waals surface area contributed by atoms with Crippen LogP contribution in [0.15, 0.2) is 132 Å². The van der Waals surface area contributed by atoms with Gasteiger partial charge in [0.05, 0.1) is 0 Å². The minimum absolute atomic E-state index is 0.0594. The molecule has 0 rings (SSSR count). The Kier molecular flexibility index (Phi) is 14.3. The van der Waals surface area contributed by atoms with Gasteiger partial charge in [-0.1, -0.05) is 83.7 Å². The van der Waals surface area contributed by atoms with E-state index in [2.05, 4.69) is 53.3 Å². The lowest BCUT2D eigenvalue weighted by Crippen LogP contribution is -1.93. The lowest BCUT2D eigenvalue weighted by molar-refractivity contribution is 0.550. The van der Waals surface area contributed by atoms with Crippen molar-refractivity contribution in [3.8, 4) is 0 Å². The summed E-state index contributed by atoms with van der Waals surface area (Å²) in [4.78, 5) is 0. The van der Waals surface area contributed by atoms with Crippen molar-refractivity contribution >= 4 is 0 Å². The van der Waals surface area contributed by atoms with Crippen LogP contribution in [0.1, 0.15) is 53.4 Å². The largest absolute Gasteiger partial charge is 0.206 e. The summed E-state index contributed by atoms with van der Waals surface area (Å²) in [5.74, 6) is -2.22. The standard InChI is InChI=1S/C31H39F3/c1-11-12-13-14-15-25(7)30(33)31(34)28(10)24(6)19-18-23(5)27(9)29(32)20-26(8)22(4)17-16-21(2)3/h11-12,17-21H,5-10,13-16H2,1-4H3/b12-11-,19-18-,22-17+,29-20+,31-30-. The highest BCUT2D eigenvalue weighted by molar-refractivity contribution is 5.54. The van der Waals surface area contributed by atoms with Crippen LogP contribution in [0.3, 0.4) is 0 Å². The zero-order valence-corrected chi connectivity index (χ0v) is 21.2. The highest BCUT2D eigenvalue weighted by atomic mass is 19.2. The quantitative estimate of drug-likeness (QED) is 0.127. The molecule has 0 fully saturated rings. The molecule has 0 aromatic rings. The first kappa shape index (κ1) is 30.9. The van der Waals surface area contributed by atoms with Gasteiger partial charge in [-0.15, -0.1) is 0 Å². The molecule has 0 atom stereocenters. The minimum Gasteiger partial charge on any atom is -0.206 e. The topological polar surface area (TPSA) is 0 Å². The molecule has 0 aliphatic rings. The van der Waals surface area contributed by atoms with Crippen molar-refractivity contribution in [3.05, 3.63) is 132 Å². The van der Waals surface area contributed by atoms with E-state index in [0.29, 0.717) is 24.3 Å². The van der Waals surface area contributed by atoms with Crippen LogP contribution in [0, 0.1) is 5.92 Å². The molecule has 0 nitrogen and oxygen atoms in total. The molecule has 0 aromatic heterocycles. The van der Waals surface area contributed by atoms with Gasteiger partial charge < -0.3 is 0 Å². The Labute approximate surface area is 205 Å². The number of hydrogen-bond acceptors (Lipinski definition) is 0. The van der Waals surface area contributed by atoms with Gasteiger partial charge in [0.2, 0.25) is 0 Å². The van der Waals surface area contributed by atoms with E-state index in [4.69, 9.17) is 0 Å². The molecule has 184 valence electrons. The van der Waals surface area contributed by atoms with Crippen molar-refractivity contribution < 1.29 is 13.2 Å². The predicted molar refractivity (Wildman–Crippen MR) is 144 cm³/mol. The molecule has 0 radical (unpaired) electrons. The van der Waals surface area contributed by atoms with Gasteiger partial charge in [0.15, 0.2) is 11.7 Å². The molecular weight excluding hydrogens is 429 g/mol. The molecule has 0 heterocycles. The number of unbranched alkanes of at least 4 members (excludes halogenated alkanes) is 1. The molecule has 0 amide bonds. The van der Waals surface area contributed by atoms with E-state index >= 15 is 0 Å². The van der Waals surface area contributed by atoms with E-state index in [9.17, 15) is 13.2 Å². The molecule has 0 bridgehead atoms. The highest BCUT2D eigenvalue weighted by Crippen LogP contribution is 2.29. The van der Waals surface area contributed by atoms with Crippen molar-refractivity contribution in [2.75, 3.05) is 0 Å². The molecule has 0 aliphatic heterocycles. The van der Waals surface area contributed by atoms with Crippen LogP contribution in [-0.2, 0) is 0 Å². The van der Waals surface area contributed by atoms with E-state index < -0.39 is 17.5 Å². The van der Waals surface area contributed by atoms with Crippen LogP contribution in [0.5, 0.6) is 0 Å². The van der Waals surface area contributed by atoms with Gasteiger partial charge in [0.1, 0.15) is 5.83 Å². The number of halogens is 3. The third kappa shape index (κ3) is 11.2. The minimum atomic E-state index is -1.11. The predicted octanol–water partition coefficient (Wildman–Crippen LogP) is 10.6. The summed E-state index contributed by atoms with van der Waals surface area (Å²) >= 11 is 0. The molecular formula is C31H39F3. The molecule has 0 aliphatic carbocycles. The normalized spacial score (nSPS) is 13.4. The fourth-order valence-electron chi connectivity index (χ4n) is 2.59. The molecule has 0 spiro atoms. The molecule has 34 heavy (non-hydrogen) atoms. The maximum absolute atomic E-state index is 14.6. The smallest absolute Gasteiger partial charge is 0.166 e. The van der Waals surface area contributed by atoms with E-state index in [1.807, 2.05) is 32.1 Å². The van der Waals surface area contributed by atoms with E-state index in [1.54, 1.807) is 0 Å². The molecule has 0 unspecified atom stereocenters. The van der Waals surface area contributed by atoms with Crippen molar-refractivity contribution in [3.63, 3.8) is 0 Å². The Morgan fingerprint density at radius 3 is 1.91 bits per heavy atom. The van der Waals surface area contributed by atoms with Gasteiger partial charge in [0, 0.05) is 11.1 Å². The van der Waals surface area contributed by atoms with Crippen LogP contribution >= 0.6 is 0 Å². The first-order valence-electron chi connectivity index (χ1n) is 11.4. The number of hydrogen-bond donors (Lipinski definition) is 0. The summed E-state index contributed by atoms with van der Waals surface area (Å²) < 4.78 is 43.5. The van der Waals surface area contributed by atoms with Gasteiger partial charge in [-0.25, -0.2) is 13.2 Å². The number of allylic oxidation sites excluding steroid dienone is 16. The molecule has 0 aromatic carbocycles. The summed E-state index contributed by atoms with van der Waals surface area (Å²) in [5.41, 5.74) is 1.74. The van der Waals surface area contributed by atoms with Gasteiger partial charge in [-0.2, -0.15) is 0 Å². The first-order valence-corrected chi connectivity index (χ1v) is 11.4. The summed E-state index contributed by atoms with van der Waals surface area (Å²) in [6, 6.07) is 0. The Hall–Kier alpha value is -3.07. The summed E-state index contributed by atoms with van der Waals surface area (Å²) in [7, 11) is 0. The average Bonchev–Trinajstić information content (AvgIpc) is 2.80. The van der Waals surface area contributed by atoms with Gasteiger partial charge in [-0.05, 0) is 79.4 Å². The zero-order valence-electron chi connectivity index (χ0n) is 21.2. The van der Waals surface area contributed by atoms with E-state index in [1.165, 1.54) is 18.2 Å². The Bertz CT molecular complexity index is 972. The molecule has 3 heteroatoms. The second-order valence-electron chi connectivity index (χ2n) is 8.57. The van der Waals surface area contributed by atoms with Crippen LogP contribution < -0.4 is 0 Å². The van der Waals surface area contributed by atoms with Gasteiger partial charge in [0.25, 0.3) is 0 Å². The second kappa shape index (κ2) is 15.7. The average molecular weight is 469 g/mol. The number of rotatable bonds is 15. The van der Waals surface area contributed by atoms with Crippen LogP contribution in [-0.4, -0.2) is 0 Å². The van der Waals surface area contributed by atoms with E-state index in [-0.39, 0.29) is 27.9 Å². The van der Waals surface area contributed by atoms with Gasteiger partial charge in [-0.3, -0.25) is 0 Å². The highest BCUT2D eigenvalue weighted by Gasteiger charge is 2.14. The van der Waals surface area contributed by atoms with Gasteiger partial charge >= 0.3 is 0 Å². The third-order valence-corrected chi connectivity index (χ3v) is 5.11. The van der Waals surface area contributed by atoms with E-state index in [0.717, 1.165) is 18.4 Å². The van der Waals surface area contributed by atoms with Crippen molar-refractivity contribution in [1.82, 2.24) is 0 Å². The fourth-order valence-corrected chi connectivity index (χ4v) is 2.59. The maximum atomic E-state index is 14.6. The second-order valence-corrected chi connectivity index (χ2v) is 8.57. The first-order chi connectivity index (χ1) is 15.8. The zero-order chi connectivity index (χ0) is 26.4. The lowest BCUT2D eigenvalue weighted by atomic mass is 10.00. The Morgan fingerprint density at radius 1 is 0.824 bits per heavy atom. The summed E-state index contributed by atoms with van der Waals surface area (Å²) in [6.07, 6.45) is 12.6. The molecule has 0 saturated carbocycles. The van der Waals surface area contributed by atoms with Crippen LogP contribution in [0.25, 0.3) is 0 Å². The third-order valence-electron chi connectivity index (χ3n) is 5.11.